The molecule has 4 nitrogen and oxygen atoms in total. The van der Waals surface area contributed by atoms with Crippen molar-refractivity contribution >= 4 is 49.6 Å². The van der Waals surface area contributed by atoms with Gasteiger partial charge >= 0.3 is 0 Å². The van der Waals surface area contributed by atoms with E-state index >= 15 is 0 Å². The number of allylic oxidation sites excluding steroid dienone is 5. The van der Waals surface area contributed by atoms with Gasteiger partial charge in [0.2, 0.25) is 0 Å². The van der Waals surface area contributed by atoms with Crippen LogP contribution in [0.3, 0.4) is 0 Å². The first kappa shape index (κ1) is 30.1. The minimum atomic E-state index is -0.303. The number of dihydropyridines is 1. The largest absolute Gasteiger partial charge is 0.374 e. The molecule has 7 aromatic rings. The Morgan fingerprint density at radius 2 is 1.25 bits per heavy atom. The molecule has 3 aliphatic rings. The quantitative estimate of drug-likeness (QED) is 0.192. The van der Waals surface area contributed by atoms with Crippen molar-refractivity contribution in [2.45, 2.75) is 12.2 Å². The van der Waals surface area contributed by atoms with Crippen molar-refractivity contribution in [3.63, 3.8) is 0 Å². The zero-order valence-electron chi connectivity index (χ0n) is 28.4. The van der Waals surface area contributed by atoms with Crippen molar-refractivity contribution in [3.8, 4) is 11.3 Å². The number of benzene rings is 6. The predicted molar refractivity (Wildman–Crippen MR) is 217 cm³/mol. The number of nitrogens with zero attached hydrogens (tertiary/aromatic N) is 2. The maximum Gasteiger partial charge on any atom is 0.146 e. The fourth-order valence-electron chi connectivity index (χ4n) is 7.67. The molecule has 2 aliphatic heterocycles. The standard InChI is InChI=1S/C48H34N4/c1-5-17-38-31(11-1)15-9-19-40(38)47-30-46(51-48(52-47)41-20-10-16-32-12-2-6-18-39(32)41)37-28-35(44-25-23-33-13-3-7-21-42(33)49-44)27-36(29-37)45-26-24-34-14-4-8-22-43(34)50-45/h1-30,42,48-49,51H. The van der Waals surface area contributed by atoms with Crippen LogP contribution in [0.25, 0.3) is 55.1 Å². The van der Waals surface area contributed by atoms with Crippen LogP contribution in [0.1, 0.15) is 28.4 Å². The summed E-state index contributed by atoms with van der Waals surface area (Å²) in [5.74, 6) is 0. The lowest BCUT2D eigenvalue weighted by atomic mass is 9.92. The highest BCUT2D eigenvalue weighted by atomic mass is 15.1. The first-order chi connectivity index (χ1) is 25.7. The summed E-state index contributed by atoms with van der Waals surface area (Å²) < 4.78 is 0. The van der Waals surface area contributed by atoms with Gasteiger partial charge in [-0.1, -0.05) is 140 Å². The van der Waals surface area contributed by atoms with Gasteiger partial charge in [0.05, 0.1) is 23.0 Å². The fraction of sp³-hybridized carbons (Fsp3) is 0.0417. The summed E-state index contributed by atoms with van der Waals surface area (Å²) >= 11 is 0. The molecule has 0 fully saturated rings. The minimum absolute atomic E-state index is 0.128. The van der Waals surface area contributed by atoms with E-state index in [1.807, 2.05) is 6.07 Å². The maximum atomic E-state index is 5.44. The van der Waals surface area contributed by atoms with Crippen molar-refractivity contribution in [1.29, 1.82) is 0 Å². The highest BCUT2D eigenvalue weighted by Gasteiger charge is 2.24. The molecule has 0 amide bonds. The van der Waals surface area contributed by atoms with Crippen LogP contribution in [-0.2, 0) is 0 Å². The molecule has 2 atom stereocenters. The van der Waals surface area contributed by atoms with Crippen LogP contribution >= 0.6 is 0 Å². The van der Waals surface area contributed by atoms with Crippen LogP contribution in [0.5, 0.6) is 0 Å². The van der Waals surface area contributed by atoms with Gasteiger partial charge in [-0.15, -0.1) is 0 Å². The Morgan fingerprint density at radius 1 is 0.538 bits per heavy atom. The molecule has 3 heterocycles. The first-order valence-electron chi connectivity index (χ1n) is 17.8. The molecule has 246 valence electrons. The second-order valence-electron chi connectivity index (χ2n) is 13.5. The smallest absolute Gasteiger partial charge is 0.146 e. The van der Waals surface area contributed by atoms with E-state index in [1.165, 1.54) is 27.1 Å². The third-order valence-electron chi connectivity index (χ3n) is 10.3. The Labute approximate surface area is 302 Å². The molecule has 2 N–H and O–H groups in total. The van der Waals surface area contributed by atoms with E-state index in [0.29, 0.717) is 0 Å². The third-order valence-corrected chi connectivity index (χ3v) is 10.3. The van der Waals surface area contributed by atoms with Crippen LogP contribution < -0.4 is 10.6 Å². The molecule has 0 radical (unpaired) electrons. The Bertz CT molecular complexity index is 2750. The van der Waals surface area contributed by atoms with Gasteiger partial charge in [-0.3, -0.25) is 4.99 Å². The topological polar surface area (TPSA) is 49.3 Å². The molecule has 0 bridgehead atoms. The van der Waals surface area contributed by atoms with Gasteiger partial charge in [0.1, 0.15) is 6.17 Å². The number of fused-ring (bicyclic) bond motifs is 4. The first-order valence-corrected chi connectivity index (χ1v) is 17.8. The number of nitrogens with one attached hydrogen (secondary N) is 2. The third kappa shape index (κ3) is 5.42. The Morgan fingerprint density at radius 3 is 2.13 bits per heavy atom. The van der Waals surface area contributed by atoms with Gasteiger partial charge in [0.15, 0.2) is 0 Å². The summed E-state index contributed by atoms with van der Waals surface area (Å²) in [5.41, 5.74) is 11.7. The van der Waals surface area contributed by atoms with Crippen LogP contribution in [0.15, 0.2) is 193 Å². The van der Waals surface area contributed by atoms with E-state index in [2.05, 4.69) is 187 Å². The lowest BCUT2D eigenvalue weighted by molar-refractivity contribution is 0.669. The van der Waals surface area contributed by atoms with E-state index < -0.39 is 0 Å². The van der Waals surface area contributed by atoms with Gasteiger partial charge in [-0.25, -0.2) is 4.98 Å². The molecule has 4 heteroatoms. The van der Waals surface area contributed by atoms with Crippen LogP contribution in [0.4, 0.5) is 0 Å². The van der Waals surface area contributed by atoms with Gasteiger partial charge in [-0.05, 0) is 80.7 Å². The SMILES string of the molecule is C1=CC2=CC=C(c3cc(C4=CC(c5cccc6ccccc56)=NC(c5cccc6ccccc56)N4)cc(-c4ccc5ccccc5n4)c3)NC2C=C1. The van der Waals surface area contributed by atoms with Gasteiger partial charge in [0.25, 0.3) is 0 Å². The number of aliphatic imine (C=N–C) groups is 1. The summed E-state index contributed by atoms with van der Waals surface area (Å²) in [7, 11) is 0. The zero-order valence-corrected chi connectivity index (χ0v) is 28.4. The minimum Gasteiger partial charge on any atom is -0.374 e. The van der Waals surface area contributed by atoms with Crippen LogP contribution in [0, 0.1) is 0 Å². The lowest BCUT2D eigenvalue weighted by Crippen LogP contribution is -2.30. The molecular weight excluding hydrogens is 633 g/mol. The Balaban J connectivity index is 1.17. The number of para-hydroxylation sites is 1. The van der Waals surface area contributed by atoms with Crippen molar-refractivity contribution in [3.05, 3.63) is 210 Å². The molecule has 0 spiro atoms. The summed E-state index contributed by atoms with van der Waals surface area (Å²) in [5, 5.41) is 13.6. The van der Waals surface area contributed by atoms with Gasteiger partial charge in [-0.2, -0.15) is 0 Å². The monoisotopic (exact) mass is 666 g/mol. The van der Waals surface area contributed by atoms with Crippen molar-refractivity contribution in [1.82, 2.24) is 15.6 Å². The molecule has 0 saturated carbocycles. The second kappa shape index (κ2) is 12.5. The van der Waals surface area contributed by atoms with Crippen LogP contribution in [-0.4, -0.2) is 16.7 Å². The Hall–Kier alpha value is -6.78. The summed E-state index contributed by atoms with van der Waals surface area (Å²) in [6, 6.07) is 49.6. The van der Waals surface area contributed by atoms with E-state index in [9.17, 15) is 0 Å². The number of hydrogen-bond acceptors (Lipinski definition) is 4. The van der Waals surface area contributed by atoms with E-state index in [0.717, 1.165) is 61.5 Å². The fourth-order valence-corrected chi connectivity index (χ4v) is 7.67. The number of hydrogen-bond donors (Lipinski definition) is 2. The summed E-state index contributed by atoms with van der Waals surface area (Å²) in [4.78, 5) is 10.6. The normalized spacial score (nSPS) is 17.8. The zero-order chi connectivity index (χ0) is 34.4. The molecule has 6 aromatic carbocycles. The van der Waals surface area contributed by atoms with Gasteiger partial charge < -0.3 is 10.6 Å². The average molecular weight is 667 g/mol. The van der Waals surface area contributed by atoms with E-state index in [-0.39, 0.29) is 12.2 Å². The predicted octanol–water partition coefficient (Wildman–Crippen LogP) is 10.7. The highest BCUT2D eigenvalue weighted by molar-refractivity contribution is 6.19. The summed E-state index contributed by atoms with van der Waals surface area (Å²) in [6.07, 6.45) is 14.9. The molecule has 2 unspecified atom stereocenters. The number of aromatic nitrogens is 1. The van der Waals surface area contributed by atoms with Crippen molar-refractivity contribution in [2.24, 2.45) is 4.99 Å². The lowest BCUT2D eigenvalue weighted by Gasteiger charge is -2.28. The van der Waals surface area contributed by atoms with E-state index in [4.69, 9.17) is 9.98 Å². The Kier molecular flexibility index (Phi) is 7.24. The molecule has 1 aromatic heterocycles. The molecule has 0 saturated heterocycles. The average Bonchev–Trinajstić information content (AvgIpc) is 3.22. The van der Waals surface area contributed by atoms with Crippen molar-refractivity contribution < 1.29 is 0 Å². The maximum absolute atomic E-state index is 5.44. The molecule has 52 heavy (non-hydrogen) atoms. The summed E-state index contributed by atoms with van der Waals surface area (Å²) in [6.45, 7) is 0. The van der Waals surface area contributed by atoms with Crippen LogP contribution in [0.2, 0.25) is 0 Å². The molecular formula is C48H34N4. The molecule has 1 aliphatic carbocycles. The van der Waals surface area contributed by atoms with Crippen molar-refractivity contribution in [2.75, 3.05) is 0 Å². The second-order valence-corrected chi connectivity index (χ2v) is 13.5. The van der Waals surface area contributed by atoms with Gasteiger partial charge in [0, 0.05) is 33.5 Å². The number of pyridine rings is 1. The number of rotatable bonds is 5. The molecule has 10 rings (SSSR count). The van der Waals surface area contributed by atoms with E-state index in [1.54, 1.807) is 0 Å². The highest BCUT2D eigenvalue weighted by Crippen LogP contribution is 2.35.